The fraction of sp³-hybridized carbons (Fsp3) is 0.176. The van der Waals surface area contributed by atoms with E-state index in [0.29, 0.717) is 23.1 Å². The van der Waals surface area contributed by atoms with Gasteiger partial charge >= 0.3 is 0 Å². The number of ether oxygens (including phenoxy) is 1. The Morgan fingerprint density at radius 3 is 2.91 bits per heavy atom. The Morgan fingerprint density at radius 2 is 2.13 bits per heavy atom. The maximum Gasteiger partial charge on any atom is 0.199 e. The lowest BCUT2D eigenvalue weighted by Crippen LogP contribution is -2.14. The minimum atomic E-state index is -0.0739. The first-order valence-electron chi connectivity index (χ1n) is 7.24. The molecule has 0 spiro atoms. The molecular formula is C17H16N4O2. The van der Waals surface area contributed by atoms with E-state index >= 15 is 0 Å². The van der Waals surface area contributed by atoms with Crippen LogP contribution in [0.5, 0.6) is 5.75 Å². The van der Waals surface area contributed by atoms with Crippen molar-refractivity contribution in [2.45, 2.75) is 13.3 Å². The van der Waals surface area contributed by atoms with Gasteiger partial charge in [-0.3, -0.25) is 14.9 Å². The van der Waals surface area contributed by atoms with Gasteiger partial charge in [0.2, 0.25) is 0 Å². The molecule has 0 aliphatic rings. The van der Waals surface area contributed by atoms with Crippen LogP contribution in [0.25, 0.3) is 11.5 Å². The van der Waals surface area contributed by atoms with Crippen molar-refractivity contribution < 1.29 is 9.53 Å². The van der Waals surface area contributed by atoms with Crippen molar-refractivity contribution in [3.05, 3.63) is 60.0 Å². The summed E-state index contributed by atoms with van der Waals surface area (Å²) in [4.78, 5) is 20.4. The van der Waals surface area contributed by atoms with Crippen LogP contribution in [0.15, 0.2) is 48.7 Å². The van der Waals surface area contributed by atoms with E-state index in [2.05, 4.69) is 20.2 Å². The van der Waals surface area contributed by atoms with Crippen molar-refractivity contribution in [1.82, 2.24) is 20.2 Å². The summed E-state index contributed by atoms with van der Waals surface area (Å²) in [6.45, 7) is 1.98. The summed E-state index contributed by atoms with van der Waals surface area (Å²) in [6.07, 6.45) is 1.82. The van der Waals surface area contributed by atoms with E-state index < -0.39 is 0 Å². The number of pyridine rings is 1. The summed E-state index contributed by atoms with van der Waals surface area (Å²) in [7, 11) is 0. The largest absolute Gasteiger partial charge is 0.486 e. The maximum absolute atomic E-state index is 12.0. The molecule has 0 atom stereocenters. The van der Waals surface area contributed by atoms with Crippen molar-refractivity contribution in [2.75, 3.05) is 6.61 Å². The van der Waals surface area contributed by atoms with E-state index in [1.165, 1.54) is 0 Å². The fourth-order valence-electron chi connectivity index (χ4n) is 2.09. The number of hydrogen-bond donors (Lipinski definition) is 1. The molecule has 6 nitrogen and oxygen atoms in total. The van der Waals surface area contributed by atoms with E-state index in [9.17, 15) is 4.79 Å². The molecule has 116 valence electrons. The molecule has 3 rings (SSSR count). The second-order valence-corrected chi connectivity index (χ2v) is 5.14. The Morgan fingerprint density at radius 1 is 1.22 bits per heavy atom. The first-order chi connectivity index (χ1) is 11.2. The SMILES string of the molecule is Cc1cccc(OCC(=O)Cc2nc(-c3ccccn3)n[nH]2)c1. The Labute approximate surface area is 133 Å². The van der Waals surface area contributed by atoms with Gasteiger partial charge in [0.15, 0.2) is 11.6 Å². The van der Waals surface area contributed by atoms with Gasteiger partial charge in [-0.05, 0) is 36.8 Å². The number of Topliss-reactive ketones (excluding diaryl/α,β-unsaturated/α-hetero) is 1. The molecule has 0 aliphatic carbocycles. The Hall–Kier alpha value is -3.02. The lowest BCUT2D eigenvalue weighted by molar-refractivity contribution is -0.120. The van der Waals surface area contributed by atoms with E-state index in [-0.39, 0.29) is 18.8 Å². The van der Waals surface area contributed by atoms with Gasteiger partial charge in [-0.2, -0.15) is 5.10 Å². The molecule has 0 fully saturated rings. The molecule has 0 amide bonds. The molecule has 2 aromatic heterocycles. The van der Waals surface area contributed by atoms with E-state index in [1.54, 1.807) is 6.20 Å². The number of nitrogens with one attached hydrogen (secondary N) is 1. The molecule has 3 aromatic rings. The highest BCUT2D eigenvalue weighted by Crippen LogP contribution is 2.13. The molecule has 6 heteroatoms. The Bertz CT molecular complexity index is 799. The zero-order chi connectivity index (χ0) is 16.1. The van der Waals surface area contributed by atoms with Crippen LogP contribution in [0, 0.1) is 6.92 Å². The van der Waals surface area contributed by atoms with Crippen LogP contribution in [-0.4, -0.2) is 32.6 Å². The van der Waals surface area contributed by atoms with Crippen LogP contribution in [0.4, 0.5) is 0 Å². The van der Waals surface area contributed by atoms with Crippen LogP contribution in [0.2, 0.25) is 0 Å². The number of H-pyrrole nitrogens is 1. The maximum atomic E-state index is 12.0. The van der Waals surface area contributed by atoms with Gasteiger partial charge in [-0.25, -0.2) is 4.98 Å². The standard InChI is InChI=1S/C17H16N4O2/c1-12-5-4-6-14(9-12)23-11-13(22)10-16-19-17(21-20-16)15-7-2-3-8-18-15/h2-9H,10-11H2,1H3,(H,19,20,21). The molecule has 0 saturated carbocycles. The third-order valence-electron chi connectivity index (χ3n) is 3.18. The van der Waals surface area contributed by atoms with Crippen molar-refractivity contribution >= 4 is 5.78 Å². The Balaban J connectivity index is 1.57. The van der Waals surface area contributed by atoms with Gasteiger partial charge in [0, 0.05) is 6.20 Å². The number of ketones is 1. The third-order valence-corrected chi connectivity index (χ3v) is 3.18. The quantitative estimate of drug-likeness (QED) is 0.756. The number of carbonyl (C=O) groups is 1. The highest BCUT2D eigenvalue weighted by molar-refractivity contribution is 5.81. The highest BCUT2D eigenvalue weighted by Gasteiger charge is 2.11. The summed E-state index contributed by atoms with van der Waals surface area (Å²) in [5.74, 6) is 1.59. The van der Waals surface area contributed by atoms with E-state index in [0.717, 1.165) is 5.56 Å². The minimum absolute atomic E-state index is 0.00305. The van der Waals surface area contributed by atoms with E-state index in [1.807, 2.05) is 49.4 Å². The molecule has 0 saturated heterocycles. The third kappa shape index (κ3) is 4.00. The Kier molecular flexibility index (Phi) is 4.42. The second-order valence-electron chi connectivity index (χ2n) is 5.14. The molecule has 2 heterocycles. The predicted molar refractivity (Wildman–Crippen MR) is 85.0 cm³/mol. The zero-order valence-corrected chi connectivity index (χ0v) is 12.7. The first kappa shape index (κ1) is 14.9. The number of hydrogen-bond acceptors (Lipinski definition) is 5. The van der Waals surface area contributed by atoms with Crippen LogP contribution in [0.3, 0.4) is 0 Å². The van der Waals surface area contributed by atoms with Gasteiger partial charge in [0.25, 0.3) is 0 Å². The van der Waals surface area contributed by atoms with Crippen LogP contribution >= 0.6 is 0 Å². The molecule has 23 heavy (non-hydrogen) atoms. The number of aromatic amines is 1. The average Bonchev–Trinajstić information content (AvgIpc) is 3.02. The number of carbonyl (C=O) groups excluding carboxylic acids is 1. The molecule has 0 bridgehead atoms. The lowest BCUT2D eigenvalue weighted by Gasteiger charge is -2.05. The second kappa shape index (κ2) is 6.83. The number of nitrogens with zero attached hydrogens (tertiary/aromatic N) is 3. The van der Waals surface area contributed by atoms with Gasteiger partial charge in [0.1, 0.15) is 23.9 Å². The van der Waals surface area contributed by atoms with Crippen LogP contribution < -0.4 is 4.74 Å². The van der Waals surface area contributed by atoms with Crippen molar-refractivity contribution in [3.63, 3.8) is 0 Å². The monoisotopic (exact) mass is 308 g/mol. The molecule has 0 radical (unpaired) electrons. The van der Waals surface area contributed by atoms with Crippen LogP contribution in [0.1, 0.15) is 11.4 Å². The summed E-state index contributed by atoms with van der Waals surface area (Å²) < 4.78 is 5.49. The molecule has 1 N–H and O–H groups in total. The van der Waals surface area contributed by atoms with Crippen LogP contribution in [-0.2, 0) is 11.2 Å². The highest BCUT2D eigenvalue weighted by atomic mass is 16.5. The number of aromatic nitrogens is 4. The summed E-state index contributed by atoms with van der Waals surface area (Å²) in [5, 5.41) is 6.84. The summed E-state index contributed by atoms with van der Waals surface area (Å²) in [6, 6.07) is 13.1. The number of benzene rings is 1. The zero-order valence-electron chi connectivity index (χ0n) is 12.7. The van der Waals surface area contributed by atoms with E-state index in [4.69, 9.17) is 4.74 Å². The molecule has 0 unspecified atom stereocenters. The molecular weight excluding hydrogens is 292 g/mol. The fourth-order valence-corrected chi connectivity index (χ4v) is 2.09. The van der Waals surface area contributed by atoms with Gasteiger partial charge < -0.3 is 4.74 Å². The van der Waals surface area contributed by atoms with Crippen molar-refractivity contribution in [1.29, 1.82) is 0 Å². The predicted octanol–water partition coefficient (Wildman–Crippen LogP) is 2.37. The van der Waals surface area contributed by atoms with Gasteiger partial charge in [-0.15, -0.1) is 0 Å². The molecule has 1 aromatic carbocycles. The number of aryl methyl sites for hydroxylation is 1. The van der Waals surface area contributed by atoms with Gasteiger partial charge in [-0.1, -0.05) is 18.2 Å². The molecule has 0 aliphatic heterocycles. The first-order valence-corrected chi connectivity index (χ1v) is 7.24. The van der Waals surface area contributed by atoms with Crippen molar-refractivity contribution in [2.24, 2.45) is 0 Å². The summed E-state index contributed by atoms with van der Waals surface area (Å²) >= 11 is 0. The minimum Gasteiger partial charge on any atom is -0.486 e. The lowest BCUT2D eigenvalue weighted by atomic mass is 10.2. The normalized spacial score (nSPS) is 10.5. The number of rotatable bonds is 6. The average molecular weight is 308 g/mol. The summed E-state index contributed by atoms with van der Waals surface area (Å²) in [5.41, 5.74) is 1.75. The van der Waals surface area contributed by atoms with Gasteiger partial charge in [0.05, 0.1) is 6.42 Å². The smallest absolute Gasteiger partial charge is 0.199 e. The van der Waals surface area contributed by atoms with Crippen molar-refractivity contribution in [3.8, 4) is 17.3 Å². The topological polar surface area (TPSA) is 80.8 Å².